The maximum Gasteiger partial charge on any atom is 0.331 e. The molecule has 0 N–H and O–H groups in total. The first kappa shape index (κ1) is 16.5. The molecule has 0 atom stereocenters. The molecular weight excluding hydrogens is 351 g/mol. The first-order chi connectivity index (χ1) is 8.86. The maximum absolute atomic E-state index is 11.3. The van der Waals surface area contributed by atoms with Gasteiger partial charge in [-0.1, -0.05) is 25.5 Å². The second kappa shape index (κ2) is 7.27. The topological polar surface area (TPSA) is 26.3 Å². The quantitative estimate of drug-likeness (QED) is 0.301. The molecule has 0 aliphatic heterocycles. The average molecular weight is 374 g/mol. The van der Waals surface area contributed by atoms with E-state index >= 15 is 0 Å². The van der Waals surface area contributed by atoms with Crippen molar-refractivity contribution in [1.82, 2.24) is 0 Å². The van der Waals surface area contributed by atoms with Gasteiger partial charge in [0.25, 0.3) is 0 Å². The Balaban J connectivity index is 2.83. The fourth-order valence-electron chi connectivity index (χ4n) is 2.52. The van der Waals surface area contributed by atoms with Crippen molar-refractivity contribution in [3.05, 3.63) is 33.0 Å². The van der Waals surface area contributed by atoms with E-state index in [0.29, 0.717) is 6.61 Å². The number of allylic oxidation sites excluding steroid dienone is 5. The Labute approximate surface area is 130 Å². The molecule has 0 aromatic rings. The van der Waals surface area contributed by atoms with E-state index in [1.165, 1.54) is 36.5 Å². The van der Waals surface area contributed by atoms with Crippen LogP contribution in [0.25, 0.3) is 0 Å². The van der Waals surface area contributed by atoms with Gasteiger partial charge in [-0.05, 0) is 72.8 Å². The molecule has 106 valence electrons. The van der Waals surface area contributed by atoms with Crippen molar-refractivity contribution < 1.29 is 9.53 Å². The SMILES string of the molecule is CCOC(=O)/C=C(I)/C=C/C1=C(C)CCCC1(C)C. The molecule has 0 heterocycles. The number of ether oxygens (including phenoxy) is 1. The Morgan fingerprint density at radius 1 is 1.47 bits per heavy atom. The summed E-state index contributed by atoms with van der Waals surface area (Å²) in [5.41, 5.74) is 3.11. The summed E-state index contributed by atoms with van der Waals surface area (Å²) < 4.78 is 5.80. The van der Waals surface area contributed by atoms with E-state index in [-0.39, 0.29) is 11.4 Å². The van der Waals surface area contributed by atoms with Gasteiger partial charge in [0.15, 0.2) is 0 Å². The summed E-state index contributed by atoms with van der Waals surface area (Å²) in [6.45, 7) is 9.02. The van der Waals surface area contributed by atoms with Crippen molar-refractivity contribution in [2.45, 2.75) is 47.0 Å². The molecule has 0 spiro atoms. The van der Waals surface area contributed by atoms with E-state index in [2.05, 4.69) is 49.4 Å². The number of carbonyl (C=O) groups is 1. The lowest BCUT2D eigenvalue weighted by Crippen LogP contribution is -2.19. The summed E-state index contributed by atoms with van der Waals surface area (Å²) in [5, 5.41) is 0. The third kappa shape index (κ3) is 5.13. The standard InChI is InChI=1S/C16H23IO2/c1-5-19-15(18)11-13(17)8-9-14-12(2)7-6-10-16(14,3)4/h8-9,11H,5-7,10H2,1-4H3/b9-8+,13-11-. The van der Waals surface area contributed by atoms with Crippen LogP contribution in [0.1, 0.15) is 47.0 Å². The van der Waals surface area contributed by atoms with Crippen molar-refractivity contribution in [2.24, 2.45) is 5.41 Å². The Morgan fingerprint density at radius 3 is 2.74 bits per heavy atom. The molecule has 0 saturated heterocycles. The Hall–Kier alpha value is -0.580. The number of carbonyl (C=O) groups excluding carboxylic acids is 1. The van der Waals surface area contributed by atoms with Gasteiger partial charge in [0.2, 0.25) is 0 Å². The molecule has 3 heteroatoms. The molecule has 1 aliphatic carbocycles. The van der Waals surface area contributed by atoms with Gasteiger partial charge in [0.1, 0.15) is 0 Å². The predicted molar refractivity (Wildman–Crippen MR) is 88.2 cm³/mol. The van der Waals surface area contributed by atoms with Gasteiger partial charge in [-0.25, -0.2) is 4.79 Å². The first-order valence-electron chi connectivity index (χ1n) is 6.79. The zero-order valence-corrected chi connectivity index (χ0v) is 14.4. The van der Waals surface area contributed by atoms with Crippen molar-refractivity contribution in [3.8, 4) is 0 Å². The third-order valence-corrected chi connectivity index (χ3v) is 4.17. The molecule has 0 radical (unpaired) electrons. The third-order valence-electron chi connectivity index (χ3n) is 3.49. The molecule has 0 unspecified atom stereocenters. The molecule has 0 amide bonds. The lowest BCUT2D eigenvalue weighted by Gasteiger charge is -2.32. The fraction of sp³-hybridized carbons (Fsp3) is 0.562. The van der Waals surface area contributed by atoms with Gasteiger partial charge in [0, 0.05) is 9.66 Å². The lowest BCUT2D eigenvalue weighted by molar-refractivity contribution is -0.137. The molecule has 0 bridgehead atoms. The molecule has 0 aromatic heterocycles. The Morgan fingerprint density at radius 2 is 2.16 bits per heavy atom. The van der Waals surface area contributed by atoms with Crippen molar-refractivity contribution in [3.63, 3.8) is 0 Å². The zero-order chi connectivity index (χ0) is 14.5. The van der Waals surface area contributed by atoms with Gasteiger partial charge in [-0.2, -0.15) is 0 Å². The zero-order valence-electron chi connectivity index (χ0n) is 12.3. The van der Waals surface area contributed by atoms with E-state index in [1.54, 1.807) is 0 Å². The maximum atomic E-state index is 11.3. The highest BCUT2D eigenvalue weighted by Crippen LogP contribution is 2.40. The van der Waals surface area contributed by atoms with Gasteiger partial charge in [-0.3, -0.25) is 0 Å². The molecule has 0 saturated carbocycles. The molecule has 1 rings (SSSR count). The second-order valence-electron chi connectivity index (χ2n) is 5.55. The Kier molecular flexibility index (Phi) is 6.30. The van der Waals surface area contributed by atoms with Crippen LogP contribution in [0.4, 0.5) is 0 Å². The number of halogens is 1. The van der Waals surface area contributed by atoms with Crippen molar-refractivity contribution >= 4 is 28.6 Å². The van der Waals surface area contributed by atoms with Crippen LogP contribution < -0.4 is 0 Å². The fourth-order valence-corrected chi connectivity index (χ4v) is 2.95. The van der Waals surface area contributed by atoms with Crippen LogP contribution in [0, 0.1) is 5.41 Å². The van der Waals surface area contributed by atoms with E-state index in [4.69, 9.17) is 4.74 Å². The summed E-state index contributed by atoms with van der Waals surface area (Å²) in [6.07, 6.45) is 9.37. The molecule has 19 heavy (non-hydrogen) atoms. The van der Waals surface area contributed by atoms with Crippen LogP contribution in [0.2, 0.25) is 0 Å². The van der Waals surface area contributed by atoms with E-state index in [9.17, 15) is 4.79 Å². The van der Waals surface area contributed by atoms with E-state index in [0.717, 1.165) is 3.58 Å². The van der Waals surface area contributed by atoms with Gasteiger partial charge in [0.05, 0.1) is 6.61 Å². The van der Waals surface area contributed by atoms with E-state index < -0.39 is 0 Å². The smallest absolute Gasteiger partial charge is 0.331 e. The molecule has 2 nitrogen and oxygen atoms in total. The largest absolute Gasteiger partial charge is 0.463 e. The highest BCUT2D eigenvalue weighted by Gasteiger charge is 2.26. The summed E-state index contributed by atoms with van der Waals surface area (Å²) in [4.78, 5) is 11.3. The van der Waals surface area contributed by atoms with E-state index in [1.807, 2.05) is 13.0 Å². The molecule has 0 aromatic carbocycles. The van der Waals surface area contributed by atoms with Crippen LogP contribution >= 0.6 is 22.6 Å². The summed E-state index contributed by atoms with van der Waals surface area (Å²) in [7, 11) is 0. The summed E-state index contributed by atoms with van der Waals surface area (Å²) in [5.74, 6) is -0.273. The second-order valence-corrected chi connectivity index (χ2v) is 6.79. The highest BCUT2D eigenvalue weighted by atomic mass is 127. The minimum absolute atomic E-state index is 0.236. The number of esters is 1. The monoisotopic (exact) mass is 374 g/mol. The van der Waals surface area contributed by atoms with Gasteiger partial charge < -0.3 is 4.74 Å². The van der Waals surface area contributed by atoms with Crippen LogP contribution in [-0.2, 0) is 9.53 Å². The molecule has 1 aliphatic rings. The highest BCUT2D eigenvalue weighted by molar-refractivity contribution is 14.1. The van der Waals surface area contributed by atoms with Crippen LogP contribution in [0.15, 0.2) is 33.0 Å². The van der Waals surface area contributed by atoms with Crippen LogP contribution in [0.5, 0.6) is 0 Å². The van der Waals surface area contributed by atoms with Crippen LogP contribution in [-0.4, -0.2) is 12.6 Å². The normalized spacial score (nSPS) is 19.9. The number of hydrogen-bond donors (Lipinski definition) is 0. The van der Waals surface area contributed by atoms with Crippen molar-refractivity contribution in [2.75, 3.05) is 6.61 Å². The van der Waals surface area contributed by atoms with Gasteiger partial charge >= 0.3 is 5.97 Å². The lowest BCUT2D eigenvalue weighted by atomic mass is 9.73. The van der Waals surface area contributed by atoms with Gasteiger partial charge in [-0.15, -0.1) is 0 Å². The first-order valence-corrected chi connectivity index (χ1v) is 7.87. The average Bonchev–Trinajstić information content (AvgIpc) is 2.27. The van der Waals surface area contributed by atoms with Crippen LogP contribution in [0.3, 0.4) is 0 Å². The summed E-state index contributed by atoms with van der Waals surface area (Å²) >= 11 is 2.16. The number of rotatable bonds is 4. The summed E-state index contributed by atoms with van der Waals surface area (Å²) in [6, 6.07) is 0. The molecule has 0 fully saturated rings. The minimum Gasteiger partial charge on any atom is -0.463 e. The van der Waals surface area contributed by atoms with Crippen molar-refractivity contribution in [1.29, 1.82) is 0 Å². The predicted octanol–water partition coefficient (Wildman–Crippen LogP) is 4.95. The molecular formula is C16H23IO2. The minimum atomic E-state index is -0.273. The Bertz CT molecular complexity index is 428. The number of hydrogen-bond acceptors (Lipinski definition) is 2.